The lowest BCUT2D eigenvalue weighted by molar-refractivity contribution is 0.191. The van der Waals surface area contributed by atoms with Gasteiger partial charge in [-0.25, -0.2) is 4.57 Å². The molecule has 1 saturated heterocycles. The highest BCUT2D eigenvalue weighted by Crippen LogP contribution is 2.57. The zero-order valence-electron chi connectivity index (χ0n) is 14.1. The van der Waals surface area contributed by atoms with Gasteiger partial charge in [-0.15, -0.1) is 0 Å². The summed E-state index contributed by atoms with van der Waals surface area (Å²) >= 11 is -2.74. The number of benzene rings is 2. The Morgan fingerprint density at radius 1 is 0.885 bits per heavy atom. The van der Waals surface area contributed by atoms with Gasteiger partial charge < -0.3 is 9.11 Å². The van der Waals surface area contributed by atoms with Crippen LogP contribution in [0.5, 0.6) is 0 Å². The molecule has 0 bridgehead atoms. The van der Waals surface area contributed by atoms with Crippen molar-refractivity contribution in [2.24, 2.45) is 0 Å². The second-order valence-electron chi connectivity index (χ2n) is 5.57. The topological polar surface area (TPSA) is 90.9 Å². The average molecular weight is 414 g/mol. The molecule has 26 heavy (non-hydrogen) atoms. The average Bonchev–Trinajstić information content (AvgIpc) is 2.99. The number of hydrogen-bond acceptors (Lipinski definition) is 6. The van der Waals surface area contributed by atoms with E-state index >= 15 is 0 Å². The molecule has 4 unspecified atom stereocenters. The summed E-state index contributed by atoms with van der Waals surface area (Å²) in [5.41, 5.74) is 0. The van der Waals surface area contributed by atoms with E-state index in [2.05, 4.69) is 0 Å². The molecule has 1 heterocycles. The molecule has 1 aliphatic rings. The summed E-state index contributed by atoms with van der Waals surface area (Å²) < 4.78 is 53.2. The Morgan fingerprint density at radius 2 is 1.27 bits per heavy atom. The number of rotatable bonds is 7. The molecular weight excluding hydrogens is 395 g/mol. The number of phosphoric acid groups is 1. The van der Waals surface area contributed by atoms with Crippen LogP contribution in [0.2, 0.25) is 0 Å². The lowest BCUT2D eigenvalue weighted by Gasteiger charge is -2.19. The van der Waals surface area contributed by atoms with Crippen molar-refractivity contribution in [1.82, 2.24) is 0 Å². The largest absolute Gasteiger partial charge is 0.611 e. The van der Waals surface area contributed by atoms with E-state index in [1.54, 1.807) is 48.5 Å². The summed E-state index contributed by atoms with van der Waals surface area (Å²) in [6.45, 7) is 0. The van der Waals surface area contributed by atoms with Gasteiger partial charge in [-0.1, -0.05) is 36.4 Å². The standard InChI is InChI=1S/C17H19O6PS2/c1-21-24(18)22-16(12-25(19)14-8-4-2-5-9-14)17(23-24)13-26(20)15-10-6-3-7-11-15/h2-11,16-17H,12-13H2,1H3. The van der Waals surface area contributed by atoms with Gasteiger partial charge in [0.05, 0.1) is 0 Å². The first-order chi connectivity index (χ1) is 12.5. The van der Waals surface area contributed by atoms with Gasteiger partial charge in [-0.3, -0.25) is 13.6 Å². The molecule has 140 valence electrons. The van der Waals surface area contributed by atoms with Crippen LogP contribution in [-0.2, 0) is 40.5 Å². The van der Waals surface area contributed by atoms with Crippen LogP contribution in [0.3, 0.4) is 0 Å². The van der Waals surface area contributed by atoms with Crippen molar-refractivity contribution in [2.45, 2.75) is 22.0 Å². The lowest BCUT2D eigenvalue weighted by atomic mass is 10.3. The smallest absolute Gasteiger partial charge is 0.475 e. The molecule has 3 rings (SSSR count). The normalized spacial score (nSPS) is 28.0. The molecule has 0 saturated carbocycles. The summed E-state index contributed by atoms with van der Waals surface area (Å²) in [5.74, 6) is 0.155. The van der Waals surface area contributed by atoms with Gasteiger partial charge in [0.25, 0.3) is 0 Å². The van der Waals surface area contributed by atoms with Crippen LogP contribution in [0.4, 0.5) is 0 Å². The Labute approximate surface area is 158 Å². The van der Waals surface area contributed by atoms with Crippen molar-refractivity contribution in [3.63, 3.8) is 0 Å². The fourth-order valence-corrected chi connectivity index (χ4v) is 6.47. The van der Waals surface area contributed by atoms with Crippen LogP contribution in [0.25, 0.3) is 0 Å². The van der Waals surface area contributed by atoms with E-state index in [0.29, 0.717) is 9.79 Å². The Hall–Kier alpha value is -0.830. The van der Waals surface area contributed by atoms with E-state index in [-0.39, 0.29) is 11.5 Å². The molecule has 2 aromatic rings. The van der Waals surface area contributed by atoms with Crippen molar-refractivity contribution in [2.75, 3.05) is 18.6 Å². The fourth-order valence-electron chi connectivity index (χ4n) is 2.49. The first-order valence-electron chi connectivity index (χ1n) is 7.90. The molecular formula is C17H19O6PS2. The third-order valence-corrected chi connectivity index (χ3v) is 8.17. The molecule has 0 spiro atoms. The Balaban J connectivity index is 1.72. The predicted molar refractivity (Wildman–Crippen MR) is 99.8 cm³/mol. The van der Waals surface area contributed by atoms with E-state index in [1.807, 2.05) is 12.1 Å². The number of hydrogen-bond donors (Lipinski definition) is 0. The number of phosphoric ester groups is 1. The van der Waals surface area contributed by atoms with Crippen LogP contribution in [0.1, 0.15) is 0 Å². The molecule has 0 amide bonds. The monoisotopic (exact) mass is 414 g/mol. The lowest BCUT2D eigenvalue weighted by Crippen LogP contribution is -2.35. The summed E-state index contributed by atoms with van der Waals surface area (Å²) in [6, 6.07) is 17.8. The second kappa shape index (κ2) is 8.91. The van der Waals surface area contributed by atoms with Crippen molar-refractivity contribution in [3.8, 4) is 0 Å². The summed E-state index contributed by atoms with van der Waals surface area (Å²) in [7, 11) is -2.50. The van der Waals surface area contributed by atoms with Crippen molar-refractivity contribution >= 4 is 30.2 Å². The highest BCUT2D eigenvalue weighted by atomic mass is 32.2. The molecule has 0 radical (unpaired) electrons. The highest BCUT2D eigenvalue weighted by Gasteiger charge is 2.49. The SMILES string of the molecule is COP1(=O)OC(C[S+]([O-])c2ccccc2)C(C[S+]([O-])c2ccccc2)O1. The zero-order chi connectivity index (χ0) is 18.6. The van der Waals surface area contributed by atoms with Crippen LogP contribution < -0.4 is 0 Å². The third kappa shape index (κ3) is 4.91. The van der Waals surface area contributed by atoms with E-state index in [9.17, 15) is 13.7 Å². The van der Waals surface area contributed by atoms with Crippen LogP contribution in [0, 0.1) is 0 Å². The fraction of sp³-hybridized carbons (Fsp3) is 0.294. The van der Waals surface area contributed by atoms with Gasteiger partial charge in [0.15, 0.2) is 9.79 Å². The molecule has 9 heteroatoms. The summed E-state index contributed by atoms with van der Waals surface area (Å²) in [5, 5.41) is 0. The Kier molecular flexibility index (Phi) is 6.82. The first kappa shape index (κ1) is 19.9. The van der Waals surface area contributed by atoms with E-state index in [1.165, 1.54) is 7.11 Å². The van der Waals surface area contributed by atoms with Gasteiger partial charge >= 0.3 is 7.82 Å². The second-order valence-corrected chi connectivity index (χ2v) is 10.2. The summed E-state index contributed by atoms with van der Waals surface area (Å²) in [6.07, 6.45) is -1.48. The highest BCUT2D eigenvalue weighted by molar-refractivity contribution is 7.92. The minimum Gasteiger partial charge on any atom is -0.611 e. The van der Waals surface area contributed by atoms with Gasteiger partial charge in [0.1, 0.15) is 23.7 Å². The molecule has 0 aromatic heterocycles. The van der Waals surface area contributed by atoms with Crippen molar-refractivity contribution in [1.29, 1.82) is 0 Å². The molecule has 4 atom stereocenters. The molecule has 6 nitrogen and oxygen atoms in total. The van der Waals surface area contributed by atoms with Gasteiger partial charge in [-0.05, 0) is 46.6 Å². The zero-order valence-corrected chi connectivity index (χ0v) is 16.6. The maximum Gasteiger partial charge on any atom is 0.475 e. The Bertz CT molecular complexity index is 688. The van der Waals surface area contributed by atoms with Gasteiger partial charge in [0, 0.05) is 7.11 Å². The maximum atomic E-state index is 12.6. The summed E-state index contributed by atoms with van der Waals surface area (Å²) in [4.78, 5) is 1.27. The van der Waals surface area contributed by atoms with Crippen LogP contribution in [-0.4, -0.2) is 39.9 Å². The molecule has 1 fully saturated rings. The maximum absolute atomic E-state index is 12.6. The van der Waals surface area contributed by atoms with Crippen molar-refractivity contribution in [3.05, 3.63) is 60.7 Å². The van der Waals surface area contributed by atoms with Crippen molar-refractivity contribution < 1.29 is 27.2 Å². The third-order valence-electron chi connectivity index (χ3n) is 3.81. The van der Waals surface area contributed by atoms with E-state index in [0.717, 1.165) is 0 Å². The minimum absolute atomic E-state index is 0.0774. The molecule has 2 aromatic carbocycles. The van der Waals surface area contributed by atoms with Gasteiger partial charge in [-0.2, -0.15) is 0 Å². The van der Waals surface area contributed by atoms with Crippen LogP contribution >= 0.6 is 7.82 Å². The molecule has 0 aliphatic carbocycles. The molecule has 0 N–H and O–H groups in total. The van der Waals surface area contributed by atoms with E-state index in [4.69, 9.17) is 13.6 Å². The first-order valence-corrected chi connectivity index (χ1v) is 12.0. The van der Waals surface area contributed by atoms with Gasteiger partial charge in [0.2, 0.25) is 0 Å². The Morgan fingerprint density at radius 3 is 1.62 bits per heavy atom. The van der Waals surface area contributed by atoms with Crippen LogP contribution in [0.15, 0.2) is 70.5 Å². The predicted octanol–water partition coefficient (Wildman–Crippen LogP) is 3.14. The molecule has 1 aliphatic heterocycles. The minimum atomic E-state index is -3.73. The quantitative estimate of drug-likeness (QED) is 0.511. The van der Waals surface area contributed by atoms with E-state index < -0.39 is 42.4 Å².